The molecule has 0 saturated carbocycles. The van der Waals surface area contributed by atoms with Crippen LogP contribution in [0.25, 0.3) is 0 Å². The first-order valence-electron chi connectivity index (χ1n) is 6.27. The average molecular weight is 200 g/mol. The lowest BCUT2D eigenvalue weighted by atomic mass is 10.1. The predicted octanol–water partition coefficient (Wildman–Crippen LogP) is 2.63. The monoisotopic (exact) mass is 200 g/mol. The van der Waals surface area contributed by atoms with Crippen molar-refractivity contribution >= 4 is 0 Å². The molecule has 0 aromatic rings. The Bertz CT molecular complexity index is 104. The molecule has 0 aromatic carbocycles. The second-order valence-electron chi connectivity index (χ2n) is 3.99. The van der Waals surface area contributed by atoms with Crippen LogP contribution in [-0.4, -0.2) is 31.1 Å². The Morgan fingerprint density at radius 3 is 2.07 bits per heavy atom. The second kappa shape index (κ2) is 11.0. The van der Waals surface area contributed by atoms with Gasteiger partial charge in [0, 0.05) is 0 Å². The van der Waals surface area contributed by atoms with E-state index in [0.29, 0.717) is 0 Å². The van der Waals surface area contributed by atoms with Crippen LogP contribution in [0, 0.1) is 0 Å². The molecule has 0 bridgehead atoms. The van der Waals surface area contributed by atoms with Gasteiger partial charge in [0.2, 0.25) is 0 Å². The van der Waals surface area contributed by atoms with Gasteiger partial charge in [0.25, 0.3) is 0 Å². The van der Waals surface area contributed by atoms with Gasteiger partial charge in [-0.05, 0) is 39.0 Å². The summed E-state index contributed by atoms with van der Waals surface area (Å²) in [6.07, 6.45) is 8.04. The van der Waals surface area contributed by atoms with Gasteiger partial charge in [-0.15, -0.1) is 0 Å². The maximum atomic E-state index is 5.50. The molecular weight excluding hydrogens is 172 g/mol. The lowest BCUT2D eigenvalue weighted by Gasteiger charge is -2.19. The Labute approximate surface area is 89.9 Å². The van der Waals surface area contributed by atoms with Gasteiger partial charge in [-0.3, -0.25) is 0 Å². The minimum Gasteiger partial charge on any atom is -0.330 e. The topological polar surface area (TPSA) is 29.3 Å². The van der Waals surface area contributed by atoms with E-state index in [1.807, 2.05) is 0 Å². The summed E-state index contributed by atoms with van der Waals surface area (Å²) in [5.74, 6) is 0. The molecule has 2 heteroatoms. The molecule has 0 atom stereocenters. The molecule has 0 fully saturated rings. The number of nitrogens with two attached hydrogens (primary N) is 1. The van der Waals surface area contributed by atoms with E-state index in [2.05, 4.69) is 18.7 Å². The van der Waals surface area contributed by atoms with Crippen molar-refractivity contribution in [3.05, 3.63) is 0 Å². The van der Waals surface area contributed by atoms with E-state index in [4.69, 9.17) is 5.73 Å². The first-order chi connectivity index (χ1) is 6.85. The molecule has 0 aliphatic carbocycles. The van der Waals surface area contributed by atoms with Crippen molar-refractivity contribution < 1.29 is 0 Å². The van der Waals surface area contributed by atoms with Crippen LogP contribution >= 0.6 is 0 Å². The van der Waals surface area contributed by atoms with Crippen LogP contribution in [0.2, 0.25) is 0 Å². The molecule has 0 radical (unpaired) electrons. The number of nitrogens with zero attached hydrogens (tertiary/aromatic N) is 1. The molecule has 0 heterocycles. The molecule has 0 amide bonds. The van der Waals surface area contributed by atoms with E-state index < -0.39 is 0 Å². The summed E-state index contributed by atoms with van der Waals surface area (Å²) in [6, 6.07) is 0. The van der Waals surface area contributed by atoms with Crippen molar-refractivity contribution in [1.29, 1.82) is 0 Å². The SMILES string of the molecule is CCCCCCCN(CC)CCCN. The fraction of sp³-hybridized carbons (Fsp3) is 1.00. The van der Waals surface area contributed by atoms with Gasteiger partial charge in [0.05, 0.1) is 0 Å². The predicted molar refractivity (Wildman–Crippen MR) is 64.5 cm³/mol. The average Bonchev–Trinajstić information content (AvgIpc) is 2.22. The van der Waals surface area contributed by atoms with E-state index in [0.717, 1.165) is 13.0 Å². The number of unbranched alkanes of at least 4 members (excludes halogenated alkanes) is 4. The van der Waals surface area contributed by atoms with Gasteiger partial charge in [-0.2, -0.15) is 0 Å². The van der Waals surface area contributed by atoms with Crippen LogP contribution in [0.3, 0.4) is 0 Å². The number of rotatable bonds is 10. The van der Waals surface area contributed by atoms with E-state index in [1.165, 1.54) is 51.7 Å². The summed E-state index contributed by atoms with van der Waals surface area (Å²) in [5.41, 5.74) is 5.50. The molecular formula is C12H28N2. The van der Waals surface area contributed by atoms with Crippen molar-refractivity contribution in [2.45, 2.75) is 52.4 Å². The summed E-state index contributed by atoms with van der Waals surface area (Å²) in [6.45, 7) is 8.95. The van der Waals surface area contributed by atoms with Gasteiger partial charge in [-0.1, -0.05) is 39.5 Å². The van der Waals surface area contributed by atoms with Gasteiger partial charge in [0.1, 0.15) is 0 Å². The molecule has 2 N–H and O–H groups in total. The fourth-order valence-electron chi connectivity index (χ4n) is 1.68. The minimum atomic E-state index is 0.826. The van der Waals surface area contributed by atoms with Gasteiger partial charge in [-0.25, -0.2) is 0 Å². The van der Waals surface area contributed by atoms with Crippen molar-refractivity contribution in [2.75, 3.05) is 26.2 Å². The van der Waals surface area contributed by atoms with Crippen LogP contribution in [0.5, 0.6) is 0 Å². The number of hydrogen-bond donors (Lipinski definition) is 1. The van der Waals surface area contributed by atoms with Crippen molar-refractivity contribution in [3.63, 3.8) is 0 Å². The zero-order valence-electron chi connectivity index (χ0n) is 10.1. The van der Waals surface area contributed by atoms with Crippen LogP contribution in [0.4, 0.5) is 0 Å². The van der Waals surface area contributed by atoms with E-state index in [1.54, 1.807) is 0 Å². The van der Waals surface area contributed by atoms with Crippen LogP contribution in [0.15, 0.2) is 0 Å². The summed E-state index contributed by atoms with van der Waals surface area (Å²) in [4.78, 5) is 2.51. The molecule has 2 nitrogen and oxygen atoms in total. The Kier molecular flexibility index (Phi) is 10.9. The summed E-state index contributed by atoms with van der Waals surface area (Å²) < 4.78 is 0. The maximum absolute atomic E-state index is 5.50. The third-order valence-corrected chi connectivity index (χ3v) is 2.70. The molecule has 14 heavy (non-hydrogen) atoms. The highest BCUT2D eigenvalue weighted by Gasteiger charge is 2.00. The normalized spacial score (nSPS) is 11.1. The van der Waals surface area contributed by atoms with E-state index >= 15 is 0 Å². The van der Waals surface area contributed by atoms with Gasteiger partial charge < -0.3 is 10.6 Å². The molecule has 0 aromatic heterocycles. The highest BCUT2D eigenvalue weighted by molar-refractivity contribution is 4.56. The third-order valence-electron chi connectivity index (χ3n) is 2.70. The lowest BCUT2D eigenvalue weighted by Crippen LogP contribution is -2.27. The third kappa shape index (κ3) is 8.52. The molecule has 0 spiro atoms. The maximum Gasteiger partial charge on any atom is -0.000683 e. The Balaban J connectivity index is 3.24. The quantitative estimate of drug-likeness (QED) is 0.549. The summed E-state index contributed by atoms with van der Waals surface area (Å²) in [7, 11) is 0. The molecule has 0 rings (SSSR count). The zero-order valence-corrected chi connectivity index (χ0v) is 10.1. The largest absolute Gasteiger partial charge is 0.330 e. The zero-order chi connectivity index (χ0) is 10.6. The minimum absolute atomic E-state index is 0.826. The highest BCUT2D eigenvalue weighted by atomic mass is 15.1. The first kappa shape index (κ1) is 13.9. The van der Waals surface area contributed by atoms with Crippen molar-refractivity contribution in [2.24, 2.45) is 5.73 Å². The summed E-state index contributed by atoms with van der Waals surface area (Å²) >= 11 is 0. The second-order valence-corrected chi connectivity index (χ2v) is 3.99. The van der Waals surface area contributed by atoms with Gasteiger partial charge >= 0.3 is 0 Å². The fourth-order valence-corrected chi connectivity index (χ4v) is 1.68. The molecule has 0 saturated heterocycles. The Morgan fingerprint density at radius 1 is 0.857 bits per heavy atom. The summed E-state index contributed by atoms with van der Waals surface area (Å²) in [5, 5.41) is 0. The molecule has 0 aliphatic heterocycles. The van der Waals surface area contributed by atoms with Crippen LogP contribution in [-0.2, 0) is 0 Å². The smallest absolute Gasteiger partial charge is 0.000683 e. The van der Waals surface area contributed by atoms with Crippen LogP contribution < -0.4 is 5.73 Å². The molecule has 0 unspecified atom stereocenters. The molecule has 86 valence electrons. The van der Waals surface area contributed by atoms with Gasteiger partial charge in [0.15, 0.2) is 0 Å². The van der Waals surface area contributed by atoms with Crippen LogP contribution in [0.1, 0.15) is 52.4 Å². The van der Waals surface area contributed by atoms with E-state index in [-0.39, 0.29) is 0 Å². The highest BCUT2D eigenvalue weighted by Crippen LogP contribution is 2.03. The Morgan fingerprint density at radius 2 is 1.50 bits per heavy atom. The van der Waals surface area contributed by atoms with Crippen molar-refractivity contribution in [1.82, 2.24) is 4.90 Å². The first-order valence-corrected chi connectivity index (χ1v) is 6.27. The molecule has 0 aliphatic rings. The van der Waals surface area contributed by atoms with Crippen molar-refractivity contribution in [3.8, 4) is 0 Å². The van der Waals surface area contributed by atoms with E-state index in [9.17, 15) is 0 Å². The lowest BCUT2D eigenvalue weighted by molar-refractivity contribution is 0.278. The Hall–Kier alpha value is -0.0800. The number of hydrogen-bond acceptors (Lipinski definition) is 2. The standard InChI is InChI=1S/C12H28N2/c1-3-5-6-7-8-11-14(4-2)12-9-10-13/h3-13H2,1-2H3.